The number of hydrogen-bond acceptors (Lipinski definition) is 2. The molecular formula is C34H38Cl2N2SiZr. The molecule has 0 unspecified atom stereocenters. The number of nitrogens with zero attached hydrogens (tertiary/aromatic N) is 2. The van der Waals surface area contributed by atoms with Gasteiger partial charge >= 0.3 is 231 Å². The van der Waals surface area contributed by atoms with E-state index in [-0.39, 0.29) is 24.8 Å². The number of benzene rings is 4. The fourth-order valence-corrected chi connectivity index (χ4v) is 29.9. The maximum Gasteiger partial charge on any atom is -0.147 e. The Bertz CT molecular complexity index is 1630. The van der Waals surface area contributed by atoms with Crippen LogP contribution in [-0.2, 0) is 23.8 Å². The van der Waals surface area contributed by atoms with Crippen molar-refractivity contribution in [1.82, 2.24) is 0 Å². The predicted octanol–water partition coefficient (Wildman–Crippen LogP) is 5.59. The molecule has 0 bridgehead atoms. The summed E-state index contributed by atoms with van der Waals surface area (Å²) in [6, 6.07) is 34.8. The molecule has 0 saturated heterocycles. The van der Waals surface area contributed by atoms with Gasteiger partial charge < -0.3 is 0 Å². The van der Waals surface area contributed by atoms with Crippen LogP contribution in [-0.4, -0.2) is 35.1 Å². The molecule has 0 radical (unpaired) electrons. The van der Waals surface area contributed by atoms with Gasteiger partial charge in [0.2, 0.25) is 0 Å². The van der Waals surface area contributed by atoms with Gasteiger partial charge in [-0.25, -0.2) is 0 Å². The van der Waals surface area contributed by atoms with Gasteiger partial charge in [0, 0.05) is 0 Å². The van der Waals surface area contributed by atoms with E-state index in [0.29, 0.717) is 0 Å². The SMILES string of the molecule is CN(C)c1ccc2c(c1)Cc1c-2ccc(N(C)C)[c]1[Zr](=[SiH2])([C]1=CC=CC1)([c]1ccccc1)[c]1ccccc1.Cl.Cl. The van der Waals surface area contributed by atoms with Gasteiger partial charge in [-0.3, -0.25) is 0 Å². The van der Waals surface area contributed by atoms with Crippen LogP contribution in [0.15, 0.2) is 113 Å². The standard InChI is InChI=1S/C17H19N2.2C6H5.C5H5.2ClH.H2Si.Zr/c1-18(2)14-5-7-16-12(10-14)9-13-11-15(19(3)4)6-8-17(13)16;2*1-2-4-6-5-3-1;1-2-4-5-3-1;;;;/h5-8,10H,9H2,1-4H3;2*1-5H;1-3H,4H2;2*1H;1H2;. The van der Waals surface area contributed by atoms with Crippen molar-refractivity contribution in [2.45, 2.75) is 12.8 Å². The van der Waals surface area contributed by atoms with Gasteiger partial charge in [0.25, 0.3) is 0 Å². The molecule has 40 heavy (non-hydrogen) atoms. The van der Waals surface area contributed by atoms with Crippen LogP contribution in [0.2, 0.25) is 0 Å². The Kier molecular flexibility index (Phi) is 8.79. The van der Waals surface area contributed by atoms with Crippen LogP contribution < -0.4 is 19.6 Å². The molecule has 6 heteroatoms. The Hall–Kier alpha value is -2.36. The summed E-state index contributed by atoms with van der Waals surface area (Å²) in [5, 5.41) is 0. The van der Waals surface area contributed by atoms with Gasteiger partial charge in [-0.2, -0.15) is 0 Å². The summed E-state index contributed by atoms with van der Waals surface area (Å²) in [4.78, 5) is 4.57. The Morgan fingerprint density at radius 3 is 1.82 bits per heavy atom. The summed E-state index contributed by atoms with van der Waals surface area (Å²) in [5.74, 6) is 0. The fourth-order valence-electron chi connectivity index (χ4n) is 6.97. The van der Waals surface area contributed by atoms with Gasteiger partial charge in [0.1, 0.15) is 0 Å². The van der Waals surface area contributed by atoms with Gasteiger partial charge in [0.05, 0.1) is 0 Å². The average molecular weight is 665 g/mol. The molecule has 206 valence electrons. The van der Waals surface area contributed by atoms with Crippen molar-refractivity contribution >= 4 is 52.9 Å². The predicted molar refractivity (Wildman–Crippen MR) is 180 cm³/mol. The number of allylic oxidation sites excluding steroid dienone is 4. The topological polar surface area (TPSA) is 6.48 Å². The van der Waals surface area contributed by atoms with E-state index >= 15 is 0 Å². The number of rotatable bonds is 6. The van der Waals surface area contributed by atoms with Gasteiger partial charge in [0.15, 0.2) is 0 Å². The Balaban J connectivity index is 0.00000185. The maximum atomic E-state index is 2.46. The average Bonchev–Trinajstić information content (AvgIpc) is 3.62. The summed E-state index contributed by atoms with van der Waals surface area (Å²) in [6.45, 7) is 2.37. The van der Waals surface area contributed by atoms with Crippen molar-refractivity contribution in [3.8, 4) is 11.1 Å². The minimum atomic E-state index is -4.41. The Morgan fingerprint density at radius 1 is 0.700 bits per heavy atom. The summed E-state index contributed by atoms with van der Waals surface area (Å²) in [6.07, 6.45) is 9.11. The first kappa shape index (κ1) is 30.6. The quantitative estimate of drug-likeness (QED) is 0.219. The van der Waals surface area contributed by atoms with E-state index in [2.05, 4.69) is 154 Å². The first-order valence-corrected chi connectivity index (χ1v) is 24.3. The fraction of sp³-hybridized carbons (Fsp3) is 0.176. The van der Waals surface area contributed by atoms with E-state index in [1.165, 1.54) is 40.2 Å². The Morgan fingerprint density at radius 2 is 1.30 bits per heavy atom. The van der Waals surface area contributed by atoms with Crippen LogP contribution in [0, 0.1) is 0 Å². The van der Waals surface area contributed by atoms with Crippen LogP contribution in [0.3, 0.4) is 0 Å². The van der Waals surface area contributed by atoms with E-state index in [1.807, 2.05) is 0 Å². The molecule has 0 aromatic heterocycles. The molecule has 0 amide bonds. The molecule has 0 aliphatic heterocycles. The van der Waals surface area contributed by atoms with E-state index in [1.54, 1.807) is 6.55 Å². The van der Waals surface area contributed by atoms with Crippen molar-refractivity contribution < 1.29 is 17.4 Å². The molecule has 0 saturated carbocycles. The number of anilines is 2. The van der Waals surface area contributed by atoms with Crippen LogP contribution in [0.25, 0.3) is 11.1 Å². The molecule has 0 atom stereocenters. The zero-order valence-corrected chi connectivity index (χ0v) is 29.2. The molecular weight excluding hydrogens is 627 g/mol. The number of hydrogen-bond donors (Lipinski definition) is 0. The van der Waals surface area contributed by atoms with Crippen molar-refractivity contribution in [2.24, 2.45) is 0 Å². The van der Waals surface area contributed by atoms with Crippen LogP contribution in [0.1, 0.15) is 17.5 Å². The second-order valence-electron chi connectivity index (χ2n) is 11.3. The monoisotopic (exact) mass is 662 g/mol. The zero-order valence-electron chi connectivity index (χ0n) is 23.7. The van der Waals surface area contributed by atoms with Gasteiger partial charge in [-0.05, 0) is 0 Å². The largest absolute Gasteiger partial charge is 0.147 e. The normalized spacial score (nSPS) is 13.5. The van der Waals surface area contributed by atoms with E-state index in [4.69, 9.17) is 0 Å². The first-order valence-electron chi connectivity index (χ1n) is 13.5. The van der Waals surface area contributed by atoms with Gasteiger partial charge in [-0.1, -0.05) is 0 Å². The second kappa shape index (κ2) is 11.5. The van der Waals surface area contributed by atoms with Crippen molar-refractivity contribution in [1.29, 1.82) is 0 Å². The van der Waals surface area contributed by atoms with E-state index < -0.39 is 17.4 Å². The van der Waals surface area contributed by atoms with Crippen molar-refractivity contribution in [3.05, 3.63) is 124 Å². The maximum absolute atomic E-state index is 4.41. The summed E-state index contributed by atoms with van der Waals surface area (Å²) in [7, 11) is 8.70. The first-order chi connectivity index (χ1) is 18.3. The molecule has 0 fully saturated rings. The molecule has 0 spiro atoms. The van der Waals surface area contributed by atoms with E-state index in [0.717, 1.165) is 12.8 Å². The third kappa shape index (κ3) is 4.40. The van der Waals surface area contributed by atoms with Gasteiger partial charge in [-0.15, -0.1) is 24.8 Å². The third-order valence-electron chi connectivity index (χ3n) is 8.89. The molecule has 0 heterocycles. The third-order valence-corrected chi connectivity index (χ3v) is 34.9. The number of fused-ring (bicyclic) bond motifs is 3. The summed E-state index contributed by atoms with van der Waals surface area (Å²) >= 11 is -4.41. The molecule has 4 aromatic rings. The molecule has 2 nitrogen and oxygen atoms in total. The molecule has 6 rings (SSSR count). The smallest absolute Gasteiger partial charge is 0.147 e. The summed E-state index contributed by atoms with van der Waals surface area (Å²) in [5.41, 5.74) is 8.41. The van der Waals surface area contributed by atoms with Crippen LogP contribution in [0.5, 0.6) is 0 Å². The Labute approximate surface area is 254 Å². The molecule has 2 aliphatic rings. The van der Waals surface area contributed by atoms with E-state index in [9.17, 15) is 0 Å². The molecule has 4 aromatic carbocycles. The summed E-state index contributed by atoms with van der Waals surface area (Å²) < 4.78 is 6.29. The van der Waals surface area contributed by atoms with Crippen LogP contribution >= 0.6 is 24.8 Å². The zero-order chi connectivity index (χ0) is 26.5. The van der Waals surface area contributed by atoms with Crippen molar-refractivity contribution in [3.63, 3.8) is 0 Å². The molecule has 2 aliphatic carbocycles. The number of halogens is 2. The van der Waals surface area contributed by atoms with Crippen LogP contribution in [0.4, 0.5) is 11.4 Å². The minimum Gasteiger partial charge on any atom is -0.147 e. The van der Waals surface area contributed by atoms with Crippen molar-refractivity contribution in [2.75, 3.05) is 38.0 Å². The minimum absolute atomic E-state index is 0. The second-order valence-corrected chi connectivity index (χ2v) is 32.5. The molecule has 0 N–H and O–H groups in total.